The van der Waals surface area contributed by atoms with E-state index in [2.05, 4.69) is 109 Å². The molecule has 3 nitrogen and oxygen atoms in total. The minimum Gasteiger partial charge on any atom is -0.405 e. The molecule has 2 aromatic carbocycles. The SMILES string of the molecule is C/C(=C\C=C/N)c1cc(C2=CC=CC(c3ccc4c5c3C=CCC=C5c3ccccc3-4)C=C2)cc(-c2cccnc2)n1. The lowest BCUT2D eigenvalue weighted by Gasteiger charge is -2.16. The maximum Gasteiger partial charge on any atom is 0.0731 e. The van der Waals surface area contributed by atoms with Crippen molar-refractivity contribution in [3.05, 3.63) is 167 Å². The molecule has 2 N–H and O–H groups in total. The summed E-state index contributed by atoms with van der Waals surface area (Å²) in [7, 11) is 0. The van der Waals surface area contributed by atoms with E-state index in [-0.39, 0.29) is 5.92 Å². The Bertz CT molecular complexity index is 1910. The van der Waals surface area contributed by atoms with E-state index in [1.54, 1.807) is 6.20 Å². The molecule has 3 aliphatic carbocycles. The van der Waals surface area contributed by atoms with Gasteiger partial charge in [-0.05, 0) is 106 Å². The highest BCUT2D eigenvalue weighted by atomic mass is 14.7. The van der Waals surface area contributed by atoms with Crippen LogP contribution in [0.4, 0.5) is 0 Å². The van der Waals surface area contributed by atoms with Crippen LogP contribution in [0.1, 0.15) is 52.8 Å². The van der Waals surface area contributed by atoms with E-state index in [0.717, 1.165) is 40.1 Å². The molecule has 3 aliphatic rings. The standard InChI is InChI=1S/C39H31N3/c1-26(9-7-21-40)37-23-30(24-38(42-37)29-12-8-22-41-25-29)27-10-6-11-28(18-17-27)31-19-20-36-33-14-3-2-13-32(33)35-16-5-4-15-34(31)39(35)36/h2-4,6-25,28H,5,40H2,1H3/b21-7-,26-9+. The largest absolute Gasteiger partial charge is 0.405 e. The zero-order valence-electron chi connectivity index (χ0n) is 23.5. The molecule has 1 unspecified atom stereocenters. The van der Waals surface area contributed by atoms with Crippen molar-refractivity contribution in [2.45, 2.75) is 19.3 Å². The van der Waals surface area contributed by atoms with Gasteiger partial charge in [-0.2, -0.15) is 0 Å². The lowest BCUT2D eigenvalue weighted by Crippen LogP contribution is -1.99. The third kappa shape index (κ3) is 4.59. The Morgan fingerprint density at radius 2 is 1.83 bits per heavy atom. The number of hydrogen-bond donors (Lipinski definition) is 1. The minimum absolute atomic E-state index is 0.155. The van der Waals surface area contributed by atoms with E-state index >= 15 is 0 Å². The van der Waals surface area contributed by atoms with E-state index in [9.17, 15) is 0 Å². The van der Waals surface area contributed by atoms with Crippen LogP contribution in [-0.2, 0) is 0 Å². The summed E-state index contributed by atoms with van der Waals surface area (Å²) in [5.74, 6) is 0.155. The number of nitrogens with zero attached hydrogens (tertiary/aromatic N) is 2. The van der Waals surface area contributed by atoms with Gasteiger partial charge in [0.15, 0.2) is 0 Å². The van der Waals surface area contributed by atoms with Crippen molar-refractivity contribution in [2.75, 3.05) is 0 Å². The van der Waals surface area contributed by atoms with Crippen molar-refractivity contribution in [3.63, 3.8) is 0 Å². The Morgan fingerprint density at radius 3 is 2.69 bits per heavy atom. The first-order valence-corrected chi connectivity index (χ1v) is 14.4. The molecular formula is C39H31N3. The molecule has 0 radical (unpaired) electrons. The average molecular weight is 542 g/mol. The van der Waals surface area contributed by atoms with Crippen LogP contribution in [0.15, 0.2) is 134 Å². The van der Waals surface area contributed by atoms with Gasteiger partial charge in [-0.25, -0.2) is 4.98 Å². The summed E-state index contributed by atoms with van der Waals surface area (Å²) in [4.78, 5) is 9.29. The van der Waals surface area contributed by atoms with Crippen LogP contribution in [0, 0.1) is 0 Å². The van der Waals surface area contributed by atoms with Gasteiger partial charge in [0.2, 0.25) is 0 Å². The van der Waals surface area contributed by atoms with Gasteiger partial charge in [-0.15, -0.1) is 0 Å². The summed E-state index contributed by atoms with van der Waals surface area (Å²) in [5, 5.41) is 0. The van der Waals surface area contributed by atoms with Crippen LogP contribution in [0.25, 0.3) is 45.2 Å². The average Bonchev–Trinajstić information content (AvgIpc) is 3.22. The molecule has 0 saturated carbocycles. The summed E-state index contributed by atoms with van der Waals surface area (Å²) < 4.78 is 0. The van der Waals surface area contributed by atoms with Gasteiger partial charge in [0.05, 0.1) is 11.4 Å². The lowest BCUT2D eigenvalue weighted by atomic mass is 9.87. The maximum absolute atomic E-state index is 5.61. The van der Waals surface area contributed by atoms with E-state index in [1.807, 2.05) is 30.5 Å². The predicted octanol–water partition coefficient (Wildman–Crippen LogP) is 9.14. The number of fused-ring (bicyclic) bond motifs is 3. The number of allylic oxidation sites excluding steroid dienone is 11. The molecule has 7 rings (SSSR count). The Kier molecular flexibility index (Phi) is 6.69. The van der Waals surface area contributed by atoms with E-state index in [1.165, 1.54) is 45.2 Å². The second kappa shape index (κ2) is 10.9. The fraction of sp³-hybridized carbons (Fsp3) is 0.0769. The number of aromatic nitrogens is 2. The van der Waals surface area contributed by atoms with Crippen molar-refractivity contribution in [1.82, 2.24) is 9.97 Å². The van der Waals surface area contributed by atoms with Crippen molar-refractivity contribution in [2.24, 2.45) is 5.73 Å². The van der Waals surface area contributed by atoms with Crippen LogP contribution in [0.2, 0.25) is 0 Å². The Labute approximate surface area is 247 Å². The molecule has 4 aromatic rings. The van der Waals surface area contributed by atoms with Gasteiger partial charge in [0, 0.05) is 23.9 Å². The van der Waals surface area contributed by atoms with Crippen LogP contribution in [0.5, 0.6) is 0 Å². The predicted molar refractivity (Wildman–Crippen MR) is 176 cm³/mol. The molecular weight excluding hydrogens is 510 g/mol. The summed E-state index contributed by atoms with van der Waals surface area (Å²) in [6, 6.07) is 21.7. The topological polar surface area (TPSA) is 51.8 Å². The van der Waals surface area contributed by atoms with Gasteiger partial charge in [0.1, 0.15) is 0 Å². The summed E-state index contributed by atoms with van der Waals surface area (Å²) in [6.07, 6.45) is 28.2. The van der Waals surface area contributed by atoms with E-state index in [0.29, 0.717) is 0 Å². The summed E-state index contributed by atoms with van der Waals surface area (Å²) >= 11 is 0. The summed E-state index contributed by atoms with van der Waals surface area (Å²) in [5.41, 5.74) is 21.1. The first-order chi connectivity index (χ1) is 20.7. The second-order valence-corrected chi connectivity index (χ2v) is 10.8. The second-order valence-electron chi connectivity index (χ2n) is 10.8. The molecule has 202 valence electrons. The smallest absolute Gasteiger partial charge is 0.0731 e. The third-order valence-electron chi connectivity index (χ3n) is 8.21. The van der Waals surface area contributed by atoms with Crippen LogP contribution in [-0.4, -0.2) is 9.97 Å². The number of rotatable bonds is 5. The van der Waals surface area contributed by atoms with Gasteiger partial charge in [-0.1, -0.05) is 91.1 Å². The van der Waals surface area contributed by atoms with Crippen molar-refractivity contribution >= 4 is 22.8 Å². The van der Waals surface area contributed by atoms with Crippen LogP contribution >= 0.6 is 0 Å². The Hall–Kier alpha value is -5.28. The molecule has 1 atom stereocenters. The fourth-order valence-electron chi connectivity index (χ4n) is 6.14. The monoisotopic (exact) mass is 541 g/mol. The highest BCUT2D eigenvalue weighted by Crippen LogP contribution is 2.49. The summed E-state index contributed by atoms with van der Waals surface area (Å²) in [6.45, 7) is 2.06. The number of pyridine rings is 2. The lowest BCUT2D eigenvalue weighted by molar-refractivity contribution is 1.08. The van der Waals surface area contributed by atoms with Gasteiger partial charge in [0.25, 0.3) is 0 Å². The zero-order chi connectivity index (χ0) is 28.5. The molecule has 3 heteroatoms. The number of nitrogens with two attached hydrogens (primary N) is 1. The van der Waals surface area contributed by atoms with Crippen molar-refractivity contribution in [1.29, 1.82) is 0 Å². The quantitative estimate of drug-likeness (QED) is 0.226. The molecule has 2 heterocycles. The van der Waals surface area contributed by atoms with Crippen LogP contribution in [0.3, 0.4) is 0 Å². The van der Waals surface area contributed by atoms with E-state index < -0.39 is 0 Å². The van der Waals surface area contributed by atoms with Crippen molar-refractivity contribution < 1.29 is 0 Å². The Morgan fingerprint density at radius 1 is 0.929 bits per heavy atom. The molecule has 0 spiro atoms. The van der Waals surface area contributed by atoms with Gasteiger partial charge < -0.3 is 5.73 Å². The number of hydrogen-bond acceptors (Lipinski definition) is 3. The first kappa shape index (κ1) is 25.7. The zero-order valence-corrected chi connectivity index (χ0v) is 23.5. The molecule has 0 fully saturated rings. The molecule has 0 aliphatic heterocycles. The first-order valence-electron chi connectivity index (χ1n) is 14.4. The normalized spacial score (nSPS) is 17.0. The maximum atomic E-state index is 5.61. The molecule has 0 amide bonds. The van der Waals surface area contributed by atoms with Crippen molar-refractivity contribution in [3.8, 4) is 22.4 Å². The fourth-order valence-corrected chi connectivity index (χ4v) is 6.14. The minimum atomic E-state index is 0.155. The van der Waals surface area contributed by atoms with Crippen LogP contribution < -0.4 is 5.73 Å². The molecule has 0 saturated heterocycles. The third-order valence-corrected chi connectivity index (χ3v) is 8.21. The molecule has 2 aromatic heterocycles. The van der Waals surface area contributed by atoms with E-state index in [4.69, 9.17) is 10.7 Å². The highest BCUT2D eigenvalue weighted by molar-refractivity contribution is 6.04. The highest BCUT2D eigenvalue weighted by Gasteiger charge is 2.28. The Balaban J connectivity index is 1.28. The van der Waals surface area contributed by atoms with Gasteiger partial charge in [-0.3, -0.25) is 4.98 Å². The molecule has 42 heavy (non-hydrogen) atoms. The number of benzene rings is 2. The molecule has 0 bridgehead atoms. The van der Waals surface area contributed by atoms with Gasteiger partial charge >= 0.3 is 0 Å².